The van der Waals surface area contributed by atoms with E-state index in [1.54, 1.807) is 196 Å². The summed E-state index contributed by atoms with van der Waals surface area (Å²) in [4.78, 5) is 117. The van der Waals surface area contributed by atoms with Crippen LogP contribution in [-0.2, 0) is 108 Å². The monoisotopic (exact) mass is 1600 g/mol. The van der Waals surface area contributed by atoms with Crippen LogP contribution in [0.25, 0.3) is 0 Å². The third-order valence-corrected chi connectivity index (χ3v) is 23.9. The number of benzene rings is 8. The van der Waals surface area contributed by atoms with Gasteiger partial charge in [-0.05, 0) is 150 Å². The van der Waals surface area contributed by atoms with Gasteiger partial charge in [-0.1, -0.05) is 158 Å². The predicted octanol–water partition coefficient (Wildman–Crippen LogP) is 7.19. The van der Waals surface area contributed by atoms with E-state index < -0.39 is 78.7 Å². The van der Waals surface area contributed by atoms with Gasteiger partial charge >= 0.3 is 0 Å². The lowest BCUT2D eigenvalue weighted by molar-refractivity contribution is -0.130. The molecule has 8 aromatic rings. The number of hydrogen-bond acceptors (Lipinski definition) is 18. The van der Waals surface area contributed by atoms with Gasteiger partial charge in [0.15, 0.2) is 19.7 Å². The molecular formula is C87H100N14O12S2. The molecule has 2 unspecified atom stereocenters. The second-order valence-corrected chi connectivity index (χ2v) is 34.1. The molecule has 12 bridgehead atoms. The van der Waals surface area contributed by atoms with Gasteiger partial charge in [0.2, 0.25) is 47.3 Å². The van der Waals surface area contributed by atoms with Gasteiger partial charge < -0.3 is 53.4 Å². The Balaban J connectivity index is 0.000000226. The normalized spacial score (nSPS) is 20.9. The molecule has 11 heterocycles. The number of anilines is 4. The van der Waals surface area contributed by atoms with E-state index >= 15 is 0 Å². The molecule has 10 N–H and O–H groups in total. The maximum absolute atomic E-state index is 14.3. The number of amides is 8. The number of nitrogens with zero attached hydrogens (tertiary/aromatic N) is 4. The third-order valence-electron chi connectivity index (χ3n) is 20.5. The molecule has 11 aliphatic rings. The van der Waals surface area contributed by atoms with E-state index in [4.69, 9.17) is 10.8 Å². The third kappa shape index (κ3) is 27.1. The molecule has 2 fully saturated rings. The van der Waals surface area contributed by atoms with Crippen LogP contribution in [0, 0.1) is 22.7 Å². The fraction of sp³-hybridized carbons (Fsp3) is 0.333. The maximum Gasteiger partial charge on any atom is 0.243 e. The molecule has 115 heavy (non-hydrogen) atoms. The SMILES string of the molecule is CC(=N)c1ccc(CNC(=O)[C@@H]2Cc3ccc(cc3)NC(=O)CN3CCCN(CC3)CC(=O)Nc3ccc(cc3)C[C@@H](CS(=O)(=O)Cc3ccccc3)C(=O)N2)cc1.CC(=N)c1ccc(CNC(=O)[C@@H]2Cc3ccc(cc3)NC(=O)CN3CCN(CC3)CC(=O)Nc3ccc(cc3)C[C@@H](CS(=O)(=O)Cc3ccccc3)C(=O)N2)cc1. The largest absolute Gasteiger partial charge is 0.350 e. The number of sulfone groups is 2. The summed E-state index contributed by atoms with van der Waals surface area (Å²) in [5.41, 5.74) is 10.3. The van der Waals surface area contributed by atoms with Crippen LogP contribution in [0.1, 0.15) is 75.9 Å². The smallest absolute Gasteiger partial charge is 0.243 e. The molecule has 19 rings (SSSR count). The predicted molar refractivity (Wildman–Crippen MR) is 446 cm³/mol. The molecule has 0 saturated carbocycles. The van der Waals surface area contributed by atoms with Crippen molar-refractivity contribution in [2.24, 2.45) is 11.8 Å². The quantitative estimate of drug-likeness (QED) is 0.0428. The molecule has 28 heteroatoms. The molecule has 602 valence electrons. The summed E-state index contributed by atoms with van der Waals surface area (Å²) in [5.74, 6) is -6.30. The van der Waals surface area contributed by atoms with E-state index in [-0.39, 0.29) is 100 Å². The zero-order valence-electron chi connectivity index (χ0n) is 64.7. The zero-order valence-corrected chi connectivity index (χ0v) is 66.3. The standard InChI is InChI=1S/C44H51N7O6S.C43H49N7O6S/c1-31(45)36-14-8-34(9-15-36)26-46-44(55)40-25-33-12-18-39(19-13-33)48-42(53)28-51-21-5-20-50(22-23-51)27-41(52)47-38-16-10-32(11-17-38)24-37(43(54)49-40)30-58(56,57)29-35-6-3-2-4-7-35;1-30(44)35-13-7-33(8-14-35)25-45-43(54)39-24-32-11-17-38(18-12-32)47-41(52)27-50-21-19-49(20-22-50)26-40(51)46-37-15-9-31(10-16-37)23-36(42(53)48-39)29-57(55,56)28-34-5-3-2-4-6-34/h2-4,6-19,37,40,45H,5,20-30H2,1H3,(H,46,55)(H,47,52)(H,48,53)(H,49,54);2-18,36,39,44H,19-29H2,1H3,(H,45,54)(H,46,51)(H,47,52)(H,48,53)/t37-,40-;36-,39-/m00/s1. The van der Waals surface area contributed by atoms with E-state index in [1.807, 2.05) is 34.1 Å². The molecule has 0 spiro atoms. The number of carbonyl (C=O) groups excluding carboxylic acids is 8. The number of hydrogen-bond donors (Lipinski definition) is 10. The molecule has 26 nitrogen and oxygen atoms in total. The van der Waals surface area contributed by atoms with Gasteiger partial charge in [-0.2, -0.15) is 0 Å². The zero-order chi connectivity index (χ0) is 81.4. The average Bonchev–Trinajstić information content (AvgIpc) is 0.959. The van der Waals surface area contributed by atoms with Crippen molar-refractivity contribution < 1.29 is 55.2 Å². The first-order valence-electron chi connectivity index (χ1n) is 38.6. The highest BCUT2D eigenvalue weighted by Crippen LogP contribution is 2.24. The van der Waals surface area contributed by atoms with Crippen LogP contribution in [0.15, 0.2) is 206 Å². The minimum absolute atomic E-state index is 0.0693. The molecule has 2 saturated heterocycles. The van der Waals surface area contributed by atoms with E-state index in [0.717, 1.165) is 52.9 Å². The number of nitrogens with one attached hydrogen (secondary N) is 10. The second-order valence-electron chi connectivity index (χ2n) is 29.9. The minimum Gasteiger partial charge on any atom is -0.350 e. The number of fused-ring (bicyclic) bond motifs is 1. The van der Waals surface area contributed by atoms with Gasteiger partial charge in [0, 0.05) is 99.4 Å². The van der Waals surface area contributed by atoms with Crippen molar-refractivity contribution in [3.63, 3.8) is 0 Å². The molecule has 11 aliphatic heterocycles. The Bertz CT molecular complexity index is 4960. The highest BCUT2D eigenvalue weighted by molar-refractivity contribution is 7.90. The van der Waals surface area contributed by atoms with Crippen LogP contribution >= 0.6 is 0 Å². The first-order valence-corrected chi connectivity index (χ1v) is 42.3. The molecule has 8 amide bonds. The fourth-order valence-electron chi connectivity index (χ4n) is 14.2. The van der Waals surface area contributed by atoms with E-state index in [9.17, 15) is 55.2 Å². The second kappa shape index (κ2) is 40.6. The summed E-state index contributed by atoms with van der Waals surface area (Å²) in [6, 6.07) is 58.1. The minimum atomic E-state index is -3.80. The van der Waals surface area contributed by atoms with Gasteiger partial charge in [-0.3, -0.25) is 58.0 Å². The van der Waals surface area contributed by atoms with Crippen LogP contribution < -0.4 is 42.5 Å². The van der Waals surface area contributed by atoms with Crippen molar-refractivity contribution in [3.05, 3.63) is 262 Å². The van der Waals surface area contributed by atoms with Gasteiger partial charge in [-0.15, -0.1) is 0 Å². The number of piperazine rings is 1. The first-order chi connectivity index (χ1) is 55.2. The lowest BCUT2D eigenvalue weighted by Gasteiger charge is -2.33. The van der Waals surface area contributed by atoms with E-state index in [2.05, 4.69) is 52.3 Å². The van der Waals surface area contributed by atoms with Crippen molar-refractivity contribution >= 4 is 101 Å². The van der Waals surface area contributed by atoms with E-state index in [1.165, 1.54) is 0 Å². The Kier molecular flexibility index (Phi) is 29.8. The summed E-state index contributed by atoms with van der Waals surface area (Å²) in [7, 11) is -7.59. The van der Waals surface area contributed by atoms with Crippen LogP contribution in [0.3, 0.4) is 0 Å². The van der Waals surface area contributed by atoms with Crippen LogP contribution in [0.4, 0.5) is 22.7 Å². The summed E-state index contributed by atoms with van der Waals surface area (Å²) in [5, 5.41) is 39.1. The fourth-order valence-corrected chi connectivity index (χ4v) is 17.6. The average molecular weight is 1600 g/mol. The van der Waals surface area contributed by atoms with Crippen molar-refractivity contribution in [3.8, 4) is 0 Å². The van der Waals surface area contributed by atoms with Crippen LogP contribution in [0.5, 0.6) is 0 Å². The van der Waals surface area contributed by atoms with E-state index in [0.29, 0.717) is 95.7 Å². The molecular weight excluding hydrogens is 1500 g/mol. The van der Waals surface area contributed by atoms with Gasteiger partial charge in [0.25, 0.3) is 0 Å². The van der Waals surface area contributed by atoms with Gasteiger partial charge in [0.1, 0.15) is 12.1 Å². The Morgan fingerprint density at radius 2 is 0.643 bits per heavy atom. The Labute approximate surface area is 671 Å². The topological polar surface area (TPSA) is 362 Å². The molecule has 6 atom stereocenters. The van der Waals surface area contributed by atoms with Gasteiger partial charge in [-0.25, -0.2) is 16.8 Å². The first kappa shape index (κ1) is 84.5. The maximum atomic E-state index is 14.3. The summed E-state index contributed by atoms with van der Waals surface area (Å²) in [6.07, 6.45) is 1.14. The highest BCUT2D eigenvalue weighted by atomic mass is 32.2. The Morgan fingerprint density at radius 1 is 0.365 bits per heavy atom. The van der Waals surface area contributed by atoms with Crippen LogP contribution in [0.2, 0.25) is 0 Å². The number of carbonyl (C=O) groups is 8. The van der Waals surface area contributed by atoms with Crippen LogP contribution in [-0.4, -0.2) is 197 Å². The molecule has 0 aromatic heterocycles. The molecule has 0 aliphatic carbocycles. The number of rotatable bonds is 16. The van der Waals surface area contributed by atoms with Gasteiger partial charge in [0.05, 0.1) is 61.0 Å². The highest BCUT2D eigenvalue weighted by Gasteiger charge is 2.34. The Hall–Kier alpha value is -11.4. The summed E-state index contributed by atoms with van der Waals surface area (Å²) in [6.45, 7) is 9.80. The Morgan fingerprint density at radius 3 is 0.930 bits per heavy atom. The lowest BCUT2D eigenvalue weighted by Crippen LogP contribution is -2.50. The summed E-state index contributed by atoms with van der Waals surface area (Å²) >= 11 is 0. The van der Waals surface area contributed by atoms with Crippen molar-refractivity contribution in [1.29, 1.82) is 10.8 Å². The van der Waals surface area contributed by atoms with Crippen molar-refractivity contribution in [2.75, 3.05) is 111 Å². The van der Waals surface area contributed by atoms with Crippen molar-refractivity contribution in [1.82, 2.24) is 40.9 Å². The van der Waals surface area contributed by atoms with Crippen molar-refractivity contribution in [2.45, 2.75) is 82.6 Å². The molecule has 0 radical (unpaired) electrons. The lowest BCUT2D eigenvalue weighted by atomic mass is 9.98. The summed E-state index contributed by atoms with van der Waals surface area (Å²) < 4.78 is 54.6. The molecule has 8 aromatic carbocycles.